The van der Waals surface area contributed by atoms with Gasteiger partial charge in [0.1, 0.15) is 0 Å². The van der Waals surface area contributed by atoms with E-state index in [1.54, 1.807) is 0 Å². The van der Waals surface area contributed by atoms with Gasteiger partial charge < -0.3 is 20.7 Å². The number of likely N-dealkylation sites (tertiary alicyclic amines) is 1. The Labute approximate surface area is 176 Å². The van der Waals surface area contributed by atoms with E-state index in [0.717, 1.165) is 77.7 Å². The molecule has 0 bridgehead atoms. The molecule has 0 spiro atoms. The average Bonchev–Trinajstić information content (AvgIpc) is 2.72. The van der Waals surface area contributed by atoms with Crippen molar-refractivity contribution in [2.45, 2.75) is 65.1 Å². The summed E-state index contributed by atoms with van der Waals surface area (Å²) in [6, 6.07) is 1.25. The van der Waals surface area contributed by atoms with Crippen LogP contribution in [0.5, 0.6) is 0 Å². The Morgan fingerprint density at radius 3 is 2.62 bits per heavy atom. The van der Waals surface area contributed by atoms with Crippen LogP contribution in [0.25, 0.3) is 0 Å². The Morgan fingerprint density at radius 2 is 1.97 bits per heavy atom. The molecule has 2 rings (SSSR count). The molecule has 2 unspecified atom stereocenters. The predicted octanol–water partition coefficient (Wildman–Crippen LogP) is 0.641. The summed E-state index contributed by atoms with van der Waals surface area (Å²) < 4.78 is 5.55. The molecular weight excluding hydrogens is 368 g/mol. The van der Waals surface area contributed by atoms with Gasteiger partial charge in [-0.2, -0.15) is 0 Å². The molecule has 8 heteroatoms. The highest BCUT2D eigenvalue weighted by Crippen LogP contribution is 2.12. The van der Waals surface area contributed by atoms with Crippen molar-refractivity contribution < 1.29 is 9.53 Å². The van der Waals surface area contributed by atoms with Crippen LogP contribution < -0.4 is 16.0 Å². The van der Waals surface area contributed by atoms with Crippen LogP contribution in [-0.4, -0.2) is 98.8 Å². The van der Waals surface area contributed by atoms with E-state index in [1.165, 1.54) is 0 Å². The van der Waals surface area contributed by atoms with Crippen LogP contribution in [0.3, 0.4) is 0 Å². The second kappa shape index (κ2) is 13.0. The average molecular weight is 411 g/mol. The number of carbonyl (C=O) groups excluding carboxylic acids is 1. The lowest BCUT2D eigenvalue weighted by Gasteiger charge is -2.37. The molecule has 29 heavy (non-hydrogen) atoms. The number of morpholine rings is 1. The first-order valence-corrected chi connectivity index (χ1v) is 11.4. The lowest BCUT2D eigenvalue weighted by Crippen LogP contribution is -2.51. The number of hydrogen-bond acceptors (Lipinski definition) is 5. The van der Waals surface area contributed by atoms with Gasteiger partial charge in [0.15, 0.2) is 5.96 Å². The second-order valence-electron chi connectivity index (χ2n) is 8.28. The Morgan fingerprint density at radius 1 is 1.21 bits per heavy atom. The molecule has 0 radical (unpaired) electrons. The van der Waals surface area contributed by atoms with Gasteiger partial charge in [0, 0.05) is 50.8 Å². The maximum absolute atomic E-state index is 11.9. The van der Waals surface area contributed by atoms with Crippen LogP contribution in [0.4, 0.5) is 0 Å². The van der Waals surface area contributed by atoms with Gasteiger partial charge in [0.25, 0.3) is 0 Å². The molecule has 0 aromatic rings. The third kappa shape index (κ3) is 8.48. The third-order valence-electron chi connectivity index (χ3n) is 5.71. The van der Waals surface area contributed by atoms with Crippen LogP contribution >= 0.6 is 0 Å². The SMILES string of the molecule is CCCNC(=O)CN1CCC(NC(=NCC(C)N2CCOCC2C)NCC)CC1. The van der Waals surface area contributed by atoms with Gasteiger partial charge in [-0.1, -0.05) is 6.92 Å². The van der Waals surface area contributed by atoms with Crippen molar-refractivity contribution in [1.29, 1.82) is 0 Å². The Kier molecular flexibility index (Phi) is 10.7. The van der Waals surface area contributed by atoms with Gasteiger partial charge in [-0.15, -0.1) is 0 Å². The van der Waals surface area contributed by atoms with Gasteiger partial charge >= 0.3 is 0 Å². The Balaban J connectivity index is 1.77. The molecule has 2 aliphatic rings. The van der Waals surface area contributed by atoms with E-state index in [9.17, 15) is 4.79 Å². The zero-order chi connectivity index (χ0) is 21.1. The minimum Gasteiger partial charge on any atom is -0.379 e. The highest BCUT2D eigenvalue weighted by Gasteiger charge is 2.24. The molecule has 2 aliphatic heterocycles. The number of rotatable bonds is 9. The van der Waals surface area contributed by atoms with E-state index in [4.69, 9.17) is 9.73 Å². The Hall–Kier alpha value is -1.38. The quantitative estimate of drug-likeness (QED) is 0.382. The summed E-state index contributed by atoms with van der Waals surface area (Å²) >= 11 is 0. The van der Waals surface area contributed by atoms with Crippen molar-refractivity contribution in [3.63, 3.8) is 0 Å². The molecule has 3 N–H and O–H groups in total. The molecule has 0 aliphatic carbocycles. The van der Waals surface area contributed by atoms with E-state index in [2.05, 4.69) is 53.4 Å². The monoisotopic (exact) mass is 410 g/mol. The molecule has 2 heterocycles. The van der Waals surface area contributed by atoms with Crippen LogP contribution in [-0.2, 0) is 9.53 Å². The summed E-state index contributed by atoms with van der Waals surface area (Å²) in [5.41, 5.74) is 0. The fourth-order valence-electron chi connectivity index (χ4n) is 4.00. The largest absolute Gasteiger partial charge is 0.379 e. The topological polar surface area (TPSA) is 81.2 Å². The number of carbonyl (C=O) groups is 1. The smallest absolute Gasteiger partial charge is 0.234 e. The molecule has 0 saturated carbocycles. The van der Waals surface area contributed by atoms with Gasteiger partial charge in [0.2, 0.25) is 5.91 Å². The Bertz CT molecular complexity index is 507. The highest BCUT2D eigenvalue weighted by molar-refractivity contribution is 5.80. The molecule has 2 atom stereocenters. The second-order valence-corrected chi connectivity index (χ2v) is 8.28. The molecule has 2 fully saturated rings. The molecule has 1 amide bonds. The molecule has 168 valence electrons. The van der Waals surface area contributed by atoms with Crippen LogP contribution in [0.1, 0.15) is 47.0 Å². The standard InChI is InChI=1S/C21H42N6O2/c1-5-9-23-20(28)15-26-10-7-19(8-11-26)25-21(22-6-2)24-14-17(3)27-12-13-29-16-18(27)4/h17-19H,5-16H2,1-4H3,(H,23,28)(H2,22,24,25). The van der Waals surface area contributed by atoms with Gasteiger partial charge in [-0.05, 0) is 40.0 Å². The highest BCUT2D eigenvalue weighted by atomic mass is 16.5. The van der Waals surface area contributed by atoms with Gasteiger partial charge in [0.05, 0.1) is 26.3 Å². The number of ether oxygens (including phenoxy) is 1. The molecular formula is C21H42N6O2. The van der Waals surface area contributed by atoms with Crippen molar-refractivity contribution in [3.8, 4) is 0 Å². The van der Waals surface area contributed by atoms with Crippen LogP contribution in [0.2, 0.25) is 0 Å². The van der Waals surface area contributed by atoms with E-state index in [-0.39, 0.29) is 5.91 Å². The minimum absolute atomic E-state index is 0.138. The number of piperidine rings is 1. The maximum Gasteiger partial charge on any atom is 0.234 e. The van der Waals surface area contributed by atoms with E-state index in [0.29, 0.717) is 24.7 Å². The summed E-state index contributed by atoms with van der Waals surface area (Å²) in [6.45, 7) is 16.0. The predicted molar refractivity (Wildman–Crippen MR) is 118 cm³/mol. The van der Waals surface area contributed by atoms with Crippen molar-refractivity contribution in [2.24, 2.45) is 4.99 Å². The van der Waals surface area contributed by atoms with Gasteiger partial charge in [-0.25, -0.2) is 0 Å². The third-order valence-corrected chi connectivity index (χ3v) is 5.71. The fourth-order valence-corrected chi connectivity index (χ4v) is 4.00. The number of amides is 1. The first-order chi connectivity index (χ1) is 14.0. The van der Waals surface area contributed by atoms with Crippen LogP contribution in [0.15, 0.2) is 4.99 Å². The first-order valence-electron chi connectivity index (χ1n) is 11.4. The summed E-state index contributed by atoms with van der Waals surface area (Å²) in [5, 5.41) is 9.95. The van der Waals surface area contributed by atoms with E-state index < -0.39 is 0 Å². The van der Waals surface area contributed by atoms with E-state index in [1.807, 2.05) is 0 Å². The van der Waals surface area contributed by atoms with Crippen molar-refractivity contribution >= 4 is 11.9 Å². The molecule has 8 nitrogen and oxygen atoms in total. The fraction of sp³-hybridized carbons (Fsp3) is 0.905. The number of hydrogen-bond donors (Lipinski definition) is 3. The van der Waals surface area contributed by atoms with Crippen molar-refractivity contribution in [1.82, 2.24) is 25.8 Å². The summed E-state index contributed by atoms with van der Waals surface area (Å²) in [7, 11) is 0. The summed E-state index contributed by atoms with van der Waals surface area (Å²) in [4.78, 5) is 21.5. The lowest BCUT2D eigenvalue weighted by atomic mass is 10.1. The minimum atomic E-state index is 0.138. The van der Waals surface area contributed by atoms with Crippen molar-refractivity contribution in [2.75, 3.05) is 59.0 Å². The van der Waals surface area contributed by atoms with E-state index >= 15 is 0 Å². The first kappa shape index (κ1) is 23.9. The summed E-state index contributed by atoms with van der Waals surface area (Å²) in [5.74, 6) is 1.04. The normalized spacial score (nSPS) is 23.6. The number of aliphatic imine (C=N–C) groups is 1. The zero-order valence-corrected chi connectivity index (χ0v) is 18.9. The summed E-state index contributed by atoms with van der Waals surface area (Å²) in [6.07, 6.45) is 3.04. The zero-order valence-electron chi connectivity index (χ0n) is 18.9. The van der Waals surface area contributed by atoms with Crippen LogP contribution in [0, 0.1) is 0 Å². The number of nitrogens with zero attached hydrogens (tertiary/aromatic N) is 3. The van der Waals surface area contributed by atoms with Crippen molar-refractivity contribution in [3.05, 3.63) is 0 Å². The molecule has 2 saturated heterocycles. The number of nitrogens with one attached hydrogen (secondary N) is 3. The molecule has 0 aromatic heterocycles. The number of guanidine groups is 1. The molecule has 0 aromatic carbocycles. The van der Waals surface area contributed by atoms with Gasteiger partial charge in [-0.3, -0.25) is 19.6 Å². The lowest BCUT2D eigenvalue weighted by molar-refractivity contribution is -0.122. The maximum atomic E-state index is 11.9.